The molecule has 0 radical (unpaired) electrons. The highest BCUT2D eigenvalue weighted by molar-refractivity contribution is 4.66. The Kier molecular flexibility index (Phi) is 3.16. The van der Waals surface area contributed by atoms with Crippen LogP contribution >= 0.6 is 0 Å². The minimum Gasteiger partial charge on any atom is -0.247 e. The molecule has 0 saturated heterocycles. The van der Waals surface area contributed by atoms with E-state index in [1.54, 1.807) is 0 Å². The maximum absolute atomic E-state index is 12.6. The second-order valence-corrected chi connectivity index (χ2v) is 3.77. The van der Waals surface area contributed by atoms with Crippen molar-refractivity contribution in [3.05, 3.63) is 0 Å². The third-order valence-electron chi connectivity index (χ3n) is 1.28. The monoisotopic (exact) mass is 132 g/mol. The normalized spacial score (nSPS) is 15.7. The van der Waals surface area contributed by atoms with Crippen LogP contribution < -0.4 is 0 Å². The van der Waals surface area contributed by atoms with Gasteiger partial charge >= 0.3 is 0 Å². The molecule has 1 heteroatoms. The SMILES string of the molecule is CC[C@H](F)CC(C)(C)C. The van der Waals surface area contributed by atoms with Crippen LogP contribution in [0.4, 0.5) is 4.39 Å². The molecule has 0 bridgehead atoms. The van der Waals surface area contributed by atoms with Gasteiger partial charge in [0, 0.05) is 0 Å². The van der Waals surface area contributed by atoms with Crippen molar-refractivity contribution in [1.29, 1.82) is 0 Å². The van der Waals surface area contributed by atoms with Crippen LogP contribution in [0.2, 0.25) is 0 Å². The van der Waals surface area contributed by atoms with Gasteiger partial charge in [-0.25, -0.2) is 4.39 Å². The summed E-state index contributed by atoms with van der Waals surface area (Å²) < 4.78 is 12.6. The minimum absolute atomic E-state index is 0.148. The molecule has 0 N–H and O–H groups in total. The van der Waals surface area contributed by atoms with Crippen molar-refractivity contribution in [2.75, 3.05) is 0 Å². The molecule has 0 nitrogen and oxygen atoms in total. The van der Waals surface area contributed by atoms with Gasteiger partial charge in [0.05, 0.1) is 0 Å². The van der Waals surface area contributed by atoms with E-state index in [0.717, 1.165) is 0 Å². The van der Waals surface area contributed by atoms with Crippen molar-refractivity contribution >= 4 is 0 Å². The maximum Gasteiger partial charge on any atom is 0.100 e. The average Bonchev–Trinajstić information content (AvgIpc) is 1.62. The van der Waals surface area contributed by atoms with Gasteiger partial charge in [0.2, 0.25) is 0 Å². The summed E-state index contributed by atoms with van der Waals surface area (Å²) in [6, 6.07) is 0. The Balaban J connectivity index is 3.47. The zero-order chi connectivity index (χ0) is 7.49. The van der Waals surface area contributed by atoms with Gasteiger partial charge in [-0.2, -0.15) is 0 Å². The average molecular weight is 132 g/mol. The molecule has 0 aliphatic rings. The van der Waals surface area contributed by atoms with E-state index in [1.165, 1.54) is 0 Å². The predicted molar refractivity (Wildman–Crippen MR) is 39.3 cm³/mol. The second-order valence-electron chi connectivity index (χ2n) is 3.77. The Morgan fingerprint density at radius 2 is 1.78 bits per heavy atom. The van der Waals surface area contributed by atoms with E-state index in [1.807, 2.05) is 6.92 Å². The van der Waals surface area contributed by atoms with Gasteiger partial charge in [-0.1, -0.05) is 27.7 Å². The highest BCUT2D eigenvalue weighted by Gasteiger charge is 2.15. The van der Waals surface area contributed by atoms with Gasteiger partial charge in [0.25, 0.3) is 0 Å². The molecule has 56 valence electrons. The summed E-state index contributed by atoms with van der Waals surface area (Å²) in [6.07, 6.45) is 0.728. The second kappa shape index (κ2) is 3.19. The third kappa shape index (κ3) is 5.81. The van der Waals surface area contributed by atoms with Gasteiger partial charge in [-0.15, -0.1) is 0 Å². The Morgan fingerprint density at radius 3 is 1.89 bits per heavy atom. The molecule has 0 aromatic heterocycles. The fourth-order valence-electron chi connectivity index (χ4n) is 0.809. The van der Waals surface area contributed by atoms with E-state index >= 15 is 0 Å². The van der Waals surface area contributed by atoms with Crippen molar-refractivity contribution in [3.8, 4) is 0 Å². The van der Waals surface area contributed by atoms with Crippen LogP contribution in [0.3, 0.4) is 0 Å². The summed E-state index contributed by atoms with van der Waals surface area (Å²) >= 11 is 0. The maximum atomic E-state index is 12.6. The number of alkyl halides is 1. The van der Waals surface area contributed by atoms with Crippen molar-refractivity contribution in [3.63, 3.8) is 0 Å². The van der Waals surface area contributed by atoms with Crippen LogP contribution in [0.1, 0.15) is 40.5 Å². The van der Waals surface area contributed by atoms with Crippen molar-refractivity contribution < 1.29 is 4.39 Å². The molecule has 9 heavy (non-hydrogen) atoms. The predicted octanol–water partition coefficient (Wildman–Crippen LogP) is 3.17. The fourth-order valence-corrected chi connectivity index (χ4v) is 0.809. The molecule has 0 aromatic rings. The number of halogens is 1. The summed E-state index contributed by atoms with van der Waals surface area (Å²) in [7, 11) is 0. The molecule has 0 aromatic carbocycles. The molecular weight excluding hydrogens is 115 g/mol. The summed E-state index contributed by atoms with van der Waals surface area (Å²) in [5.41, 5.74) is 0.148. The molecule has 0 unspecified atom stereocenters. The fraction of sp³-hybridized carbons (Fsp3) is 1.00. The Bertz CT molecular complexity index is 71.1. The first-order chi connectivity index (χ1) is 3.95. The molecule has 0 heterocycles. The summed E-state index contributed by atoms with van der Waals surface area (Å²) in [4.78, 5) is 0. The molecule has 0 rings (SSSR count). The van der Waals surface area contributed by atoms with Crippen molar-refractivity contribution in [2.45, 2.75) is 46.7 Å². The smallest absolute Gasteiger partial charge is 0.100 e. The standard InChI is InChI=1S/C8H17F/c1-5-7(9)6-8(2,3)4/h7H,5-6H2,1-4H3/t7-/m0/s1. The highest BCUT2D eigenvalue weighted by Crippen LogP contribution is 2.23. The molecule has 1 atom stereocenters. The molecule has 0 aliphatic carbocycles. The Labute approximate surface area is 57.5 Å². The van der Waals surface area contributed by atoms with E-state index in [-0.39, 0.29) is 5.41 Å². The molecule has 0 fully saturated rings. The molecule has 0 amide bonds. The van der Waals surface area contributed by atoms with Crippen LogP contribution in [0.5, 0.6) is 0 Å². The highest BCUT2D eigenvalue weighted by atomic mass is 19.1. The Morgan fingerprint density at radius 1 is 1.33 bits per heavy atom. The van der Waals surface area contributed by atoms with Crippen LogP contribution in [0.25, 0.3) is 0 Å². The first-order valence-electron chi connectivity index (χ1n) is 3.60. The van der Waals surface area contributed by atoms with Crippen LogP contribution in [0, 0.1) is 5.41 Å². The summed E-state index contributed by atoms with van der Waals surface area (Å²) in [6.45, 7) is 8.08. The Hall–Kier alpha value is -0.0700. The molecule has 0 aliphatic heterocycles. The lowest BCUT2D eigenvalue weighted by Gasteiger charge is -2.19. The van der Waals surface area contributed by atoms with Gasteiger partial charge in [-0.3, -0.25) is 0 Å². The molecule has 0 saturated carbocycles. The quantitative estimate of drug-likeness (QED) is 0.541. The van der Waals surface area contributed by atoms with E-state index in [9.17, 15) is 4.39 Å². The number of hydrogen-bond donors (Lipinski definition) is 0. The summed E-state index contributed by atoms with van der Waals surface area (Å²) in [5.74, 6) is 0. The van der Waals surface area contributed by atoms with E-state index < -0.39 is 6.17 Å². The van der Waals surface area contributed by atoms with Crippen LogP contribution in [-0.2, 0) is 0 Å². The van der Waals surface area contributed by atoms with E-state index in [4.69, 9.17) is 0 Å². The van der Waals surface area contributed by atoms with Crippen molar-refractivity contribution in [1.82, 2.24) is 0 Å². The molecular formula is C8H17F. The number of rotatable bonds is 2. The van der Waals surface area contributed by atoms with Gasteiger partial charge < -0.3 is 0 Å². The number of hydrogen-bond acceptors (Lipinski definition) is 0. The third-order valence-corrected chi connectivity index (χ3v) is 1.28. The van der Waals surface area contributed by atoms with Gasteiger partial charge in [0.15, 0.2) is 0 Å². The first kappa shape index (κ1) is 8.93. The van der Waals surface area contributed by atoms with E-state index in [2.05, 4.69) is 20.8 Å². The zero-order valence-corrected chi connectivity index (χ0v) is 6.87. The molecule has 0 spiro atoms. The first-order valence-corrected chi connectivity index (χ1v) is 3.60. The minimum atomic E-state index is -0.606. The lowest BCUT2D eigenvalue weighted by atomic mass is 9.89. The van der Waals surface area contributed by atoms with Crippen molar-refractivity contribution in [2.24, 2.45) is 5.41 Å². The lowest BCUT2D eigenvalue weighted by molar-refractivity contribution is 0.219. The van der Waals surface area contributed by atoms with Crippen LogP contribution in [0.15, 0.2) is 0 Å². The lowest BCUT2D eigenvalue weighted by Crippen LogP contribution is -2.12. The van der Waals surface area contributed by atoms with E-state index in [0.29, 0.717) is 12.8 Å². The topological polar surface area (TPSA) is 0 Å². The van der Waals surface area contributed by atoms with Gasteiger partial charge in [-0.05, 0) is 18.3 Å². The zero-order valence-electron chi connectivity index (χ0n) is 6.87. The largest absolute Gasteiger partial charge is 0.247 e. The van der Waals surface area contributed by atoms with Crippen LogP contribution in [-0.4, -0.2) is 6.17 Å². The van der Waals surface area contributed by atoms with Gasteiger partial charge in [0.1, 0.15) is 6.17 Å². The summed E-state index contributed by atoms with van der Waals surface area (Å²) in [5, 5.41) is 0.